The van der Waals surface area contributed by atoms with Crippen molar-refractivity contribution in [3.05, 3.63) is 23.0 Å². The summed E-state index contributed by atoms with van der Waals surface area (Å²) in [6.45, 7) is 8.58. The number of hydrogen-bond acceptors (Lipinski definition) is 4. The van der Waals surface area contributed by atoms with Crippen LogP contribution in [0.4, 0.5) is 0 Å². The van der Waals surface area contributed by atoms with Crippen LogP contribution in [0.15, 0.2) is 6.07 Å². The lowest BCUT2D eigenvalue weighted by atomic mass is 10.1. The van der Waals surface area contributed by atoms with Gasteiger partial charge in [-0.15, -0.1) is 0 Å². The molecule has 0 bridgehead atoms. The highest BCUT2D eigenvalue weighted by molar-refractivity contribution is 5.95. The number of aromatic nitrogens is 2. The van der Waals surface area contributed by atoms with E-state index in [1.807, 2.05) is 20.8 Å². The van der Waals surface area contributed by atoms with Gasteiger partial charge in [0.25, 0.3) is 5.91 Å². The fraction of sp³-hybridized carbons (Fsp3) is 0.583. The molecule has 0 saturated carbocycles. The van der Waals surface area contributed by atoms with Crippen molar-refractivity contribution in [3.63, 3.8) is 0 Å². The van der Waals surface area contributed by atoms with Crippen molar-refractivity contribution in [1.82, 2.24) is 15.1 Å². The Morgan fingerprint density at radius 1 is 1.41 bits per heavy atom. The quantitative estimate of drug-likeness (QED) is 0.843. The van der Waals surface area contributed by atoms with Gasteiger partial charge >= 0.3 is 0 Å². The second-order valence-electron chi connectivity index (χ2n) is 4.37. The summed E-state index contributed by atoms with van der Waals surface area (Å²) >= 11 is 0. The van der Waals surface area contributed by atoms with Crippen molar-refractivity contribution < 1.29 is 4.79 Å². The van der Waals surface area contributed by atoms with E-state index in [4.69, 9.17) is 5.73 Å². The van der Waals surface area contributed by atoms with Gasteiger partial charge in [-0.2, -0.15) is 10.2 Å². The van der Waals surface area contributed by atoms with Crippen molar-refractivity contribution in [2.24, 2.45) is 5.73 Å². The van der Waals surface area contributed by atoms with Crippen molar-refractivity contribution in [2.75, 3.05) is 13.1 Å². The molecule has 0 atom stereocenters. The summed E-state index contributed by atoms with van der Waals surface area (Å²) in [6.07, 6.45) is 0. The molecule has 5 nitrogen and oxygen atoms in total. The van der Waals surface area contributed by atoms with E-state index in [2.05, 4.69) is 10.2 Å². The van der Waals surface area contributed by atoms with Gasteiger partial charge in [0.05, 0.1) is 17.0 Å². The molecule has 0 unspecified atom stereocenters. The molecule has 0 aliphatic heterocycles. The molecule has 0 saturated heterocycles. The summed E-state index contributed by atoms with van der Waals surface area (Å²) in [7, 11) is 0. The van der Waals surface area contributed by atoms with Gasteiger partial charge in [0.15, 0.2) is 0 Å². The van der Waals surface area contributed by atoms with E-state index in [0.29, 0.717) is 24.3 Å². The number of nitrogens with two attached hydrogens (primary N) is 1. The van der Waals surface area contributed by atoms with Crippen LogP contribution >= 0.6 is 0 Å². The van der Waals surface area contributed by atoms with Crippen molar-refractivity contribution in [2.45, 2.75) is 33.7 Å². The van der Waals surface area contributed by atoms with Crippen LogP contribution < -0.4 is 5.73 Å². The summed E-state index contributed by atoms with van der Waals surface area (Å²) < 4.78 is 0. The van der Waals surface area contributed by atoms with Crippen LogP contribution in [0.2, 0.25) is 0 Å². The third-order valence-electron chi connectivity index (χ3n) is 2.59. The normalized spacial score (nSPS) is 10.7. The number of carbonyl (C=O) groups excluding carboxylic acids is 1. The first kappa shape index (κ1) is 13.6. The lowest BCUT2D eigenvalue weighted by Crippen LogP contribution is -2.40. The fourth-order valence-electron chi connectivity index (χ4n) is 1.65. The van der Waals surface area contributed by atoms with Crippen LogP contribution in [0.5, 0.6) is 0 Å². The number of aryl methyl sites for hydroxylation is 2. The summed E-state index contributed by atoms with van der Waals surface area (Å²) in [4.78, 5) is 14.1. The lowest BCUT2D eigenvalue weighted by molar-refractivity contribution is 0.0710. The monoisotopic (exact) mass is 236 g/mol. The molecule has 17 heavy (non-hydrogen) atoms. The van der Waals surface area contributed by atoms with Crippen LogP contribution in [0.1, 0.15) is 35.6 Å². The van der Waals surface area contributed by atoms with Crippen LogP contribution in [-0.4, -0.2) is 40.1 Å². The standard InChI is InChI=1S/C12H20N4O/c1-8(2)16(6-5-13)12(17)11-7-9(3)14-15-10(11)4/h7-8H,5-6,13H2,1-4H3. The lowest BCUT2D eigenvalue weighted by Gasteiger charge is -2.26. The zero-order chi connectivity index (χ0) is 13.0. The smallest absolute Gasteiger partial charge is 0.256 e. The van der Waals surface area contributed by atoms with Gasteiger partial charge in [-0.05, 0) is 33.8 Å². The topological polar surface area (TPSA) is 72.1 Å². The molecule has 0 aliphatic rings. The summed E-state index contributed by atoms with van der Waals surface area (Å²) in [5, 5.41) is 7.90. The molecule has 94 valence electrons. The van der Waals surface area contributed by atoms with Crippen LogP contribution in [0.25, 0.3) is 0 Å². The Labute approximate surface area is 102 Å². The van der Waals surface area contributed by atoms with E-state index in [1.54, 1.807) is 17.9 Å². The maximum absolute atomic E-state index is 12.4. The molecule has 1 rings (SSSR count). The Morgan fingerprint density at radius 3 is 2.59 bits per heavy atom. The van der Waals surface area contributed by atoms with Crippen LogP contribution in [-0.2, 0) is 0 Å². The molecule has 0 spiro atoms. The predicted octanol–water partition coefficient (Wildman–Crippen LogP) is 0.903. The predicted molar refractivity (Wildman–Crippen MR) is 66.7 cm³/mol. The van der Waals surface area contributed by atoms with Gasteiger partial charge in [-0.1, -0.05) is 0 Å². The van der Waals surface area contributed by atoms with Crippen LogP contribution in [0.3, 0.4) is 0 Å². The Morgan fingerprint density at radius 2 is 2.06 bits per heavy atom. The fourth-order valence-corrected chi connectivity index (χ4v) is 1.65. The van der Waals surface area contributed by atoms with Gasteiger partial charge in [-0.3, -0.25) is 4.79 Å². The van der Waals surface area contributed by atoms with E-state index in [0.717, 1.165) is 5.69 Å². The number of amides is 1. The molecule has 1 amide bonds. The second-order valence-corrected chi connectivity index (χ2v) is 4.37. The molecule has 1 aromatic rings. The van der Waals surface area contributed by atoms with Crippen molar-refractivity contribution >= 4 is 5.91 Å². The number of carbonyl (C=O) groups is 1. The molecular formula is C12H20N4O. The van der Waals surface area contributed by atoms with E-state index in [-0.39, 0.29) is 11.9 Å². The van der Waals surface area contributed by atoms with Crippen molar-refractivity contribution in [1.29, 1.82) is 0 Å². The molecule has 2 N–H and O–H groups in total. The second kappa shape index (κ2) is 5.72. The Hall–Kier alpha value is -1.49. The molecule has 1 heterocycles. The summed E-state index contributed by atoms with van der Waals surface area (Å²) in [6, 6.07) is 1.90. The Kier molecular flexibility index (Phi) is 4.57. The SMILES string of the molecule is Cc1cc(C(=O)N(CCN)C(C)C)c(C)nn1. The average Bonchev–Trinajstić information content (AvgIpc) is 2.28. The molecule has 0 fully saturated rings. The first-order valence-corrected chi connectivity index (χ1v) is 5.79. The molecular weight excluding hydrogens is 216 g/mol. The van der Waals surface area contributed by atoms with Crippen molar-refractivity contribution in [3.8, 4) is 0 Å². The third kappa shape index (κ3) is 3.23. The highest BCUT2D eigenvalue weighted by atomic mass is 16.2. The Balaban J connectivity index is 3.04. The number of hydrogen-bond donors (Lipinski definition) is 1. The van der Waals surface area contributed by atoms with Gasteiger partial charge in [0.1, 0.15) is 0 Å². The highest BCUT2D eigenvalue weighted by Gasteiger charge is 2.20. The van der Waals surface area contributed by atoms with Gasteiger partial charge in [0.2, 0.25) is 0 Å². The first-order chi connectivity index (χ1) is 7.97. The van der Waals surface area contributed by atoms with Crippen LogP contribution in [0, 0.1) is 13.8 Å². The minimum absolute atomic E-state index is 0.0269. The maximum Gasteiger partial charge on any atom is 0.256 e. The van der Waals surface area contributed by atoms with Gasteiger partial charge in [-0.25, -0.2) is 0 Å². The minimum atomic E-state index is -0.0269. The molecule has 5 heteroatoms. The first-order valence-electron chi connectivity index (χ1n) is 5.79. The maximum atomic E-state index is 12.4. The number of nitrogens with zero attached hydrogens (tertiary/aromatic N) is 3. The van der Waals surface area contributed by atoms with E-state index in [9.17, 15) is 4.79 Å². The van der Waals surface area contributed by atoms with E-state index < -0.39 is 0 Å². The minimum Gasteiger partial charge on any atom is -0.335 e. The molecule has 0 aliphatic carbocycles. The zero-order valence-electron chi connectivity index (χ0n) is 10.9. The molecule has 0 radical (unpaired) electrons. The van der Waals surface area contributed by atoms with E-state index in [1.165, 1.54) is 0 Å². The van der Waals surface area contributed by atoms with E-state index >= 15 is 0 Å². The summed E-state index contributed by atoms with van der Waals surface area (Å²) in [5.41, 5.74) is 7.54. The zero-order valence-corrected chi connectivity index (χ0v) is 10.9. The van der Waals surface area contributed by atoms with Gasteiger partial charge in [0, 0.05) is 19.1 Å². The third-order valence-corrected chi connectivity index (χ3v) is 2.59. The van der Waals surface area contributed by atoms with Gasteiger partial charge < -0.3 is 10.6 Å². The average molecular weight is 236 g/mol. The molecule has 1 aromatic heterocycles. The molecule has 0 aromatic carbocycles. The number of rotatable bonds is 4. The highest BCUT2D eigenvalue weighted by Crippen LogP contribution is 2.11. The summed E-state index contributed by atoms with van der Waals surface area (Å²) in [5.74, 6) is -0.0269. The Bertz CT molecular complexity index is 403. The largest absolute Gasteiger partial charge is 0.335 e.